The average Bonchev–Trinajstić information content (AvgIpc) is 2.67. The SMILES string of the molecule is CC[C@H](C)Nc1nc(Nc2cccc(OC(F)(F)F)c2)cc(-c2ccccn2)n1. The zero-order valence-corrected chi connectivity index (χ0v) is 15.9. The lowest BCUT2D eigenvalue weighted by atomic mass is 10.2. The van der Waals surface area contributed by atoms with Crippen LogP contribution in [0.5, 0.6) is 5.75 Å². The molecule has 2 N–H and O–H groups in total. The van der Waals surface area contributed by atoms with E-state index in [1.807, 2.05) is 26.0 Å². The zero-order valence-electron chi connectivity index (χ0n) is 15.9. The van der Waals surface area contributed by atoms with E-state index in [0.717, 1.165) is 6.42 Å². The van der Waals surface area contributed by atoms with E-state index >= 15 is 0 Å². The van der Waals surface area contributed by atoms with Gasteiger partial charge in [-0.25, -0.2) is 4.98 Å². The monoisotopic (exact) mass is 403 g/mol. The fourth-order valence-corrected chi connectivity index (χ4v) is 2.46. The molecule has 1 aromatic carbocycles. The van der Waals surface area contributed by atoms with Crippen LogP contribution in [0.2, 0.25) is 0 Å². The van der Waals surface area contributed by atoms with Crippen molar-refractivity contribution in [2.24, 2.45) is 0 Å². The lowest BCUT2D eigenvalue weighted by molar-refractivity contribution is -0.274. The molecule has 0 saturated heterocycles. The van der Waals surface area contributed by atoms with Gasteiger partial charge in [-0.05, 0) is 37.6 Å². The standard InChI is InChI=1S/C20H20F3N5O/c1-3-13(2)25-19-27-17(16-9-4-5-10-24-16)12-18(28-19)26-14-7-6-8-15(11-14)29-20(21,22)23/h4-13H,3H2,1-2H3,(H2,25,26,27,28)/t13-/m0/s1. The molecule has 0 aliphatic carbocycles. The summed E-state index contributed by atoms with van der Waals surface area (Å²) in [6.07, 6.45) is -2.23. The molecule has 29 heavy (non-hydrogen) atoms. The summed E-state index contributed by atoms with van der Waals surface area (Å²) in [5.41, 5.74) is 1.63. The Labute approximate surface area is 166 Å². The third kappa shape index (κ3) is 6.06. The smallest absolute Gasteiger partial charge is 0.406 e. The molecule has 0 saturated carbocycles. The molecule has 0 aliphatic heterocycles. The number of nitrogens with one attached hydrogen (secondary N) is 2. The predicted octanol–water partition coefficient (Wildman–Crippen LogP) is 5.39. The maximum Gasteiger partial charge on any atom is 0.573 e. The average molecular weight is 403 g/mol. The normalized spacial score (nSPS) is 12.3. The summed E-state index contributed by atoms with van der Waals surface area (Å²) in [5.74, 6) is 0.489. The Morgan fingerprint density at radius 1 is 1.03 bits per heavy atom. The molecule has 0 radical (unpaired) electrons. The highest BCUT2D eigenvalue weighted by Crippen LogP contribution is 2.27. The first-order chi connectivity index (χ1) is 13.8. The van der Waals surface area contributed by atoms with E-state index in [2.05, 4.69) is 30.3 Å². The quantitative estimate of drug-likeness (QED) is 0.551. The van der Waals surface area contributed by atoms with Crippen molar-refractivity contribution in [1.29, 1.82) is 0 Å². The van der Waals surface area contributed by atoms with Crippen LogP contribution in [0.4, 0.5) is 30.6 Å². The number of hydrogen-bond acceptors (Lipinski definition) is 6. The Bertz CT molecular complexity index is 950. The Morgan fingerprint density at radius 2 is 1.86 bits per heavy atom. The lowest BCUT2D eigenvalue weighted by Crippen LogP contribution is -2.17. The van der Waals surface area contributed by atoms with Crippen LogP contribution in [-0.2, 0) is 0 Å². The van der Waals surface area contributed by atoms with Crippen molar-refractivity contribution in [3.05, 3.63) is 54.7 Å². The molecular formula is C20H20F3N5O. The molecule has 0 fully saturated rings. The molecule has 0 unspecified atom stereocenters. The molecule has 3 aromatic rings. The van der Waals surface area contributed by atoms with Crippen molar-refractivity contribution >= 4 is 17.5 Å². The number of aromatic nitrogens is 3. The van der Waals surface area contributed by atoms with Crippen LogP contribution in [0.1, 0.15) is 20.3 Å². The van der Waals surface area contributed by atoms with Crippen LogP contribution in [0.25, 0.3) is 11.4 Å². The van der Waals surface area contributed by atoms with E-state index in [9.17, 15) is 13.2 Å². The van der Waals surface area contributed by atoms with Gasteiger partial charge in [-0.2, -0.15) is 4.98 Å². The van der Waals surface area contributed by atoms with Crippen molar-refractivity contribution < 1.29 is 17.9 Å². The first-order valence-electron chi connectivity index (χ1n) is 9.02. The van der Waals surface area contributed by atoms with Crippen LogP contribution in [0, 0.1) is 0 Å². The van der Waals surface area contributed by atoms with Gasteiger partial charge in [0.25, 0.3) is 0 Å². The van der Waals surface area contributed by atoms with Gasteiger partial charge in [0.05, 0.1) is 11.4 Å². The number of benzene rings is 1. The molecular weight excluding hydrogens is 383 g/mol. The third-order valence-corrected chi connectivity index (χ3v) is 3.98. The van der Waals surface area contributed by atoms with Crippen molar-refractivity contribution in [2.75, 3.05) is 10.6 Å². The van der Waals surface area contributed by atoms with E-state index in [-0.39, 0.29) is 11.8 Å². The fraction of sp³-hybridized carbons (Fsp3) is 0.250. The van der Waals surface area contributed by atoms with Gasteiger partial charge >= 0.3 is 6.36 Å². The minimum absolute atomic E-state index is 0.144. The third-order valence-electron chi connectivity index (χ3n) is 3.98. The highest BCUT2D eigenvalue weighted by atomic mass is 19.4. The largest absolute Gasteiger partial charge is 0.573 e. The van der Waals surface area contributed by atoms with Gasteiger partial charge in [-0.15, -0.1) is 13.2 Å². The van der Waals surface area contributed by atoms with Gasteiger partial charge in [0.1, 0.15) is 11.6 Å². The maximum atomic E-state index is 12.5. The summed E-state index contributed by atoms with van der Waals surface area (Å²) < 4.78 is 41.4. The molecule has 0 bridgehead atoms. The molecule has 2 aromatic heterocycles. The first-order valence-corrected chi connectivity index (χ1v) is 9.02. The van der Waals surface area contributed by atoms with Gasteiger partial charge in [0, 0.05) is 30.1 Å². The molecule has 0 amide bonds. The van der Waals surface area contributed by atoms with E-state index in [1.165, 1.54) is 18.2 Å². The van der Waals surface area contributed by atoms with Gasteiger partial charge in [0.2, 0.25) is 5.95 Å². The summed E-state index contributed by atoms with van der Waals surface area (Å²) in [4.78, 5) is 13.2. The van der Waals surface area contributed by atoms with E-state index in [4.69, 9.17) is 0 Å². The highest BCUT2D eigenvalue weighted by Gasteiger charge is 2.31. The summed E-state index contributed by atoms with van der Waals surface area (Å²) >= 11 is 0. The van der Waals surface area contributed by atoms with Gasteiger partial charge in [-0.3, -0.25) is 4.98 Å². The number of halogens is 3. The van der Waals surface area contributed by atoms with Crippen LogP contribution in [0.3, 0.4) is 0 Å². The van der Waals surface area contributed by atoms with Crippen LogP contribution in [-0.4, -0.2) is 27.4 Å². The molecule has 3 rings (SSSR count). The molecule has 1 atom stereocenters. The predicted molar refractivity (Wildman–Crippen MR) is 105 cm³/mol. The summed E-state index contributed by atoms with van der Waals surface area (Å²) in [5, 5.41) is 6.21. The van der Waals surface area contributed by atoms with E-state index in [0.29, 0.717) is 28.8 Å². The minimum atomic E-state index is -4.76. The second kappa shape index (κ2) is 8.76. The topological polar surface area (TPSA) is 72.0 Å². The zero-order chi connectivity index (χ0) is 20.9. The van der Waals surface area contributed by atoms with Crippen LogP contribution in [0.15, 0.2) is 54.7 Å². The second-order valence-electron chi connectivity index (χ2n) is 6.33. The van der Waals surface area contributed by atoms with Crippen LogP contribution < -0.4 is 15.4 Å². The first kappa shape index (κ1) is 20.4. The minimum Gasteiger partial charge on any atom is -0.406 e. The lowest BCUT2D eigenvalue weighted by Gasteiger charge is -2.15. The van der Waals surface area contributed by atoms with E-state index < -0.39 is 6.36 Å². The van der Waals surface area contributed by atoms with Gasteiger partial charge < -0.3 is 15.4 Å². The van der Waals surface area contributed by atoms with Crippen molar-refractivity contribution in [1.82, 2.24) is 15.0 Å². The maximum absolute atomic E-state index is 12.5. The van der Waals surface area contributed by atoms with Crippen LogP contribution >= 0.6 is 0 Å². The fourth-order valence-electron chi connectivity index (χ4n) is 2.46. The number of rotatable bonds is 7. The van der Waals surface area contributed by atoms with Crippen molar-refractivity contribution in [3.63, 3.8) is 0 Å². The number of pyridine rings is 1. The molecule has 152 valence electrons. The summed E-state index contributed by atoms with van der Waals surface area (Å²) in [6, 6.07) is 12.8. The summed E-state index contributed by atoms with van der Waals surface area (Å²) in [7, 11) is 0. The Hall–Kier alpha value is -3.36. The Kier molecular flexibility index (Phi) is 6.16. The van der Waals surface area contributed by atoms with Gasteiger partial charge in [-0.1, -0.05) is 19.1 Å². The number of hydrogen-bond donors (Lipinski definition) is 2. The molecule has 0 spiro atoms. The highest BCUT2D eigenvalue weighted by molar-refractivity contribution is 5.65. The number of ether oxygens (including phenoxy) is 1. The van der Waals surface area contributed by atoms with Crippen molar-refractivity contribution in [2.45, 2.75) is 32.7 Å². The van der Waals surface area contributed by atoms with E-state index in [1.54, 1.807) is 24.4 Å². The number of anilines is 3. The van der Waals surface area contributed by atoms with Gasteiger partial charge in [0.15, 0.2) is 0 Å². The number of alkyl halides is 3. The second-order valence-corrected chi connectivity index (χ2v) is 6.33. The van der Waals surface area contributed by atoms with Crippen molar-refractivity contribution in [3.8, 4) is 17.1 Å². The molecule has 9 heteroatoms. The molecule has 0 aliphatic rings. The molecule has 2 heterocycles. The molecule has 6 nitrogen and oxygen atoms in total. The Morgan fingerprint density at radius 3 is 2.55 bits per heavy atom. The summed E-state index contributed by atoms with van der Waals surface area (Å²) in [6.45, 7) is 4.04. The Balaban J connectivity index is 1.92. The number of nitrogens with zero attached hydrogens (tertiary/aromatic N) is 3.